The number of hydrogen-bond acceptors (Lipinski definition) is 4. The molecule has 0 aromatic heterocycles. The number of anilines is 1. The number of Topliss-reactive ketones (excluding diaryl/α,β-unsaturated/α-hetero) is 1. The summed E-state index contributed by atoms with van der Waals surface area (Å²) >= 11 is 0. The molecular formula is C23H23N3O3. The quantitative estimate of drug-likeness (QED) is 0.663. The van der Waals surface area contributed by atoms with Gasteiger partial charge in [0, 0.05) is 29.4 Å². The van der Waals surface area contributed by atoms with Gasteiger partial charge in [-0.3, -0.25) is 14.4 Å². The predicted molar refractivity (Wildman–Crippen MR) is 111 cm³/mol. The molecule has 1 fully saturated rings. The van der Waals surface area contributed by atoms with Crippen molar-refractivity contribution >= 4 is 23.3 Å². The summed E-state index contributed by atoms with van der Waals surface area (Å²) in [5, 5.41) is 8.82. The van der Waals surface area contributed by atoms with Crippen LogP contribution < -0.4 is 16.0 Å². The van der Waals surface area contributed by atoms with Crippen molar-refractivity contribution in [1.82, 2.24) is 10.6 Å². The zero-order valence-electron chi connectivity index (χ0n) is 16.2. The van der Waals surface area contributed by atoms with Crippen LogP contribution in [0.25, 0.3) is 0 Å². The first-order valence-electron chi connectivity index (χ1n) is 9.79. The fourth-order valence-electron chi connectivity index (χ4n) is 3.26. The minimum atomic E-state index is -0.380. The molecule has 0 radical (unpaired) electrons. The van der Waals surface area contributed by atoms with Crippen molar-refractivity contribution in [2.45, 2.75) is 25.8 Å². The van der Waals surface area contributed by atoms with Crippen LogP contribution in [0.3, 0.4) is 0 Å². The van der Waals surface area contributed by atoms with E-state index in [2.05, 4.69) is 16.0 Å². The number of aryl methyl sites for hydroxylation is 1. The maximum absolute atomic E-state index is 12.7. The monoisotopic (exact) mass is 389 g/mol. The first-order chi connectivity index (χ1) is 14.0. The molecule has 1 aliphatic heterocycles. The Morgan fingerprint density at radius 1 is 0.966 bits per heavy atom. The van der Waals surface area contributed by atoms with E-state index in [0.717, 1.165) is 18.4 Å². The molecule has 1 saturated carbocycles. The highest BCUT2D eigenvalue weighted by molar-refractivity contribution is 6.07. The van der Waals surface area contributed by atoms with Gasteiger partial charge in [0.1, 0.15) is 0 Å². The summed E-state index contributed by atoms with van der Waals surface area (Å²) in [4.78, 5) is 37.5. The van der Waals surface area contributed by atoms with Crippen molar-refractivity contribution in [1.29, 1.82) is 0 Å². The fraction of sp³-hybridized carbons (Fsp3) is 0.261. The zero-order valence-corrected chi connectivity index (χ0v) is 16.2. The Balaban J connectivity index is 1.45. The number of hydrogen-bond donors (Lipinski definition) is 3. The Labute approximate surface area is 169 Å². The third kappa shape index (κ3) is 4.37. The third-order valence-corrected chi connectivity index (χ3v) is 5.18. The Hall–Kier alpha value is -3.41. The molecule has 2 amide bonds. The number of nitrogens with one attached hydrogen (secondary N) is 3. The maximum atomic E-state index is 12.7. The highest BCUT2D eigenvalue weighted by atomic mass is 16.2. The molecule has 0 spiro atoms. The Morgan fingerprint density at radius 3 is 2.45 bits per heavy atom. The Kier molecular flexibility index (Phi) is 5.16. The highest BCUT2D eigenvalue weighted by Gasteiger charge is 2.27. The summed E-state index contributed by atoms with van der Waals surface area (Å²) in [6.07, 6.45) is 3.71. The van der Waals surface area contributed by atoms with Crippen molar-refractivity contribution in [3.63, 3.8) is 0 Å². The van der Waals surface area contributed by atoms with Crippen LogP contribution in [0.5, 0.6) is 0 Å². The van der Waals surface area contributed by atoms with Crippen molar-refractivity contribution in [3.05, 3.63) is 77.0 Å². The predicted octanol–water partition coefficient (Wildman–Crippen LogP) is 2.81. The molecule has 1 heterocycles. The molecule has 6 heteroatoms. The number of rotatable bonds is 6. The normalized spacial score (nSPS) is 17.8. The van der Waals surface area contributed by atoms with Gasteiger partial charge in [0.15, 0.2) is 5.78 Å². The average Bonchev–Trinajstić information content (AvgIpc) is 3.40. The lowest BCUT2D eigenvalue weighted by Crippen LogP contribution is -2.26. The molecule has 1 atom stereocenters. The molecule has 29 heavy (non-hydrogen) atoms. The van der Waals surface area contributed by atoms with Gasteiger partial charge < -0.3 is 16.0 Å². The summed E-state index contributed by atoms with van der Waals surface area (Å²) in [7, 11) is 0. The van der Waals surface area contributed by atoms with Gasteiger partial charge in [-0.15, -0.1) is 0 Å². The van der Waals surface area contributed by atoms with Crippen LogP contribution in [0.4, 0.5) is 5.69 Å². The summed E-state index contributed by atoms with van der Waals surface area (Å²) in [6, 6.07) is 14.6. The van der Waals surface area contributed by atoms with Crippen LogP contribution in [0.1, 0.15) is 39.1 Å². The Morgan fingerprint density at radius 2 is 1.72 bits per heavy atom. The van der Waals surface area contributed by atoms with Crippen molar-refractivity contribution in [2.75, 3.05) is 11.9 Å². The third-order valence-electron chi connectivity index (χ3n) is 5.18. The van der Waals surface area contributed by atoms with Gasteiger partial charge in [0.25, 0.3) is 11.8 Å². The SMILES string of the molecule is Cc1ccc(C(=O)NC2CC2)cc1NC(=O)C1=CC(C(=O)c2ccccc2)CN1. The van der Waals surface area contributed by atoms with Gasteiger partial charge in [-0.2, -0.15) is 0 Å². The molecule has 6 nitrogen and oxygen atoms in total. The van der Waals surface area contributed by atoms with E-state index < -0.39 is 0 Å². The van der Waals surface area contributed by atoms with Gasteiger partial charge in [-0.05, 0) is 43.5 Å². The van der Waals surface area contributed by atoms with Gasteiger partial charge in [0.05, 0.1) is 11.6 Å². The Bertz CT molecular complexity index is 994. The second-order valence-corrected chi connectivity index (χ2v) is 7.53. The minimum Gasteiger partial charge on any atom is -0.380 e. The summed E-state index contributed by atoms with van der Waals surface area (Å²) < 4.78 is 0. The summed E-state index contributed by atoms with van der Waals surface area (Å²) in [5.74, 6) is -0.850. The van der Waals surface area contributed by atoms with Crippen LogP contribution in [-0.4, -0.2) is 30.2 Å². The number of carbonyl (C=O) groups excluding carboxylic acids is 3. The van der Waals surface area contributed by atoms with Crippen molar-refractivity contribution < 1.29 is 14.4 Å². The van der Waals surface area contributed by atoms with Crippen LogP contribution in [0.15, 0.2) is 60.3 Å². The first-order valence-corrected chi connectivity index (χ1v) is 9.79. The number of amides is 2. The van der Waals surface area contributed by atoms with Crippen LogP contribution in [0, 0.1) is 12.8 Å². The largest absolute Gasteiger partial charge is 0.380 e. The molecule has 3 N–H and O–H groups in total. The molecule has 2 aromatic carbocycles. The van der Waals surface area contributed by atoms with E-state index in [-0.39, 0.29) is 29.6 Å². The second-order valence-electron chi connectivity index (χ2n) is 7.53. The van der Waals surface area contributed by atoms with E-state index >= 15 is 0 Å². The van der Waals surface area contributed by atoms with Gasteiger partial charge >= 0.3 is 0 Å². The molecule has 1 aliphatic carbocycles. The molecule has 2 aromatic rings. The van der Waals surface area contributed by atoms with E-state index in [1.54, 1.807) is 30.3 Å². The zero-order chi connectivity index (χ0) is 20.4. The van der Waals surface area contributed by atoms with Crippen molar-refractivity contribution in [3.8, 4) is 0 Å². The molecule has 0 saturated heterocycles. The van der Waals surface area contributed by atoms with E-state index in [4.69, 9.17) is 0 Å². The standard InChI is InChI=1S/C23H23N3O3/c1-14-7-8-16(22(28)25-18-9-10-18)11-19(14)26-23(29)20-12-17(13-24-20)21(27)15-5-3-2-4-6-15/h2-8,11-12,17-18,24H,9-10,13H2,1H3,(H,25,28)(H,26,29). The number of benzene rings is 2. The van der Waals surface area contributed by atoms with Gasteiger partial charge in [-0.25, -0.2) is 0 Å². The average molecular weight is 389 g/mol. The number of carbonyl (C=O) groups is 3. The van der Waals surface area contributed by atoms with E-state index in [1.165, 1.54) is 0 Å². The van der Waals surface area contributed by atoms with Crippen LogP contribution in [-0.2, 0) is 4.79 Å². The van der Waals surface area contributed by atoms with E-state index in [1.807, 2.05) is 31.2 Å². The minimum absolute atomic E-state index is 0.0178. The van der Waals surface area contributed by atoms with E-state index in [9.17, 15) is 14.4 Å². The highest BCUT2D eigenvalue weighted by Crippen LogP contribution is 2.22. The molecule has 2 aliphatic rings. The molecule has 1 unspecified atom stereocenters. The fourth-order valence-corrected chi connectivity index (χ4v) is 3.26. The summed E-state index contributed by atoms with van der Waals surface area (Å²) in [5.41, 5.74) is 2.95. The topological polar surface area (TPSA) is 87.3 Å². The molecule has 148 valence electrons. The van der Waals surface area contributed by atoms with Crippen LogP contribution in [0.2, 0.25) is 0 Å². The lowest BCUT2D eigenvalue weighted by atomic mass is 9.98. The molecule has 0 bridgehead atoms. The van der Waals surface area contributed by atoms with Gasteiger partial charge in [-0.1, -0.05) is 36.4 Å². The van der Waals surface area contributed by atoms with Crippen LogP contribution >= 0.6 is 0 Å². The number of ketones is 1. The molecular weight excluding hydrogens is 366 g/mol. The first kappa shape index (κ1) is 18.9. The smallest absolute Gasteiger partial charge is 0.271 e. The lowest BCUT2D eigenvalue weighted by Gasteiger charge is -2.11. The van der Waals surface area contributed by atoms with E-state index in [0.29, 0.717) is 29.1 Å². The lowest BCUT2D eigenvalue weighted by molar-refractivity contribution is -0.113. The summed E-state index contributed by atoms with van der Waals surface area (Å²) in [6.45, 7) is 2.26. The maximum Gasteiger partial charge on any atom is 0.271 e. The molecule has 4 rings (SSSR count). The second kappa shape index (κ2) is 7.91. The van der Waals surface area contributed by atoms with Crippen molar-refractivity contribution in [2.24, 2.45) is 5.92 Å². The van der Waals surface area contributed by atoms with Gasteiger partial charge in [0.2, 0.25) is 0 Å².